The van der Waals surface area contributed by atoms with E-state index in [1.807, 2.05) is 0 Å². The number of aliphatic hydroxyl groups excluding tert-OH is 1. The maximum Gasteiger partial charge on any atom is 0.0693 e. The average molecular weight is 201 g/mol. The molecule has 0 amide bonds. The third-order valence-corrected chi connectivity index (χ3v) is 2.58. The average Bonchev–Trinajstić information content (AvgIpc) is 2.51. The van der Waals surface area contributed by atoms with E-state index in [1.165, 1.54) is 0 Å². The predicted octanol–water partition coefficient (Wildman–Crippen LogP) is 1.16. The van der Waals surface area contributed by atoms with E-state index >= 15 is 0 Å². The Labute approximate surface area is 86.8 Å². The molecule has 14 heavy (non-hydrogen) atoms. The summed E-state index contributed by atoms with van der Waals surface area (Å²) in [6.07, 6.45) is 3.06. The van der Waals surface area contributed by atoms with Crippen LogP contribution in [0.5, 0.6) is 0 Å². The zero-order chi connectivity index (χ0) is 10.4. The molecule has 0 spiro atoms. The smallest absolute Gasteiger partial charge is 0.0693 e. The first-order chi connectivity index (χ1) is 6.70. The monoisotopic (exact) mass is 201 g/mol. The highest BCUT2D eigenvalue weighted by Gasteiger charge is 2.23. The predicted molar refractivity (Wildman–Crippen MR) is 57.3 cm³/mol. The summed E-state index contributed by atoms with van der Waals surface area (Å²) in [5.74, 6) is 0.604. The van der Waals surface area contributed by atoms with Gasteiger partial charge in [0.1, 0.15) is 0 Å². The second-order valence-corrected chi connectivity index (χ2v) is 4.53. The maximum absolute atomic E-state index is 9.53. The zero-order valence-electron chi connectivity index (χ0n) is 9.33. The lowest BCUT2D eigenvalue weighted by Crippen LogP contribution is -2.37. The van der Waals surface area contributed by atoms with Gasteiger partial charge in [-0.2, -0.15) is 0 Å². The van der Waals surface area contributed by atoms with Crippen molar-refractivity contribution in [3.05, 3.63) is 0 Å². The number of rotatable bonds is 6. The molecule has 3 nitrogen and oxygen atoms in total. The summed E-state index contributed by atoms with van der Waals surface area (Å²) in [7, 11) is 0. The van der Waals surface area contributed by atoms with E-state index in [0.717, 1.165) is 39.0 Å². The third-order valence-electron chi connectivity index (χ3n) is 2.58. The Morgan fingerprint density at radius 2 is 2.21 bits per heavy atom. The Bertz CT molecular complexity index is 150. The molecule has 1 aliphatic rings. The second kappa shape index (κ2) is 6.38. The molecule has 0 radical (unpaired) electrons. The molecule has 1 fully saturated rings. The number of nitrogens with one attached hydrogen (secondary N) is 1. The van der Waals surface area contributed by atoms with Gasteiger partial charge in [-0.3, -0.25) is 0 Å². The number of aliphatic hydroxyl groups is 1. The van der Waals surface area contributed by atoms with Gasteiger partial charge in [0.15, 0.2) is 0 Å². The van der Waals surface area contributed by atoms with Gasteiger partial charge in [0.05, 0.1) is 12.7 Å². The molecule has 0 aromatic rings. The Hall–Kier alpha value is -0.120. The standard InChI is InChI=1S/C11H23NO2/c1-9(2)8-14-7-6-12-10-4-3-5-11(10)13/h9-13H,3-8H2,1-2H3/t10-,11-/m0/s1. The maximum atomic E-state index is 9.53. The molecular formula is C11H23NO2. The molecule has 0 saturated heterocycles. The van der Waals surface area contributed by atoms with E-state index in [0.29, 0.717) is 12.0 Å². The van der Waals surface area contributed by atoms with Crippen molar-refractivity contribution in [3.8, 4) is 0 Å². The Kier molecular flexibility index (Phi) is 5.45. The van der Waals surface area contributed by atoms with E-state index in [1.54, 1.807) is 0 Å². The minimum absolute atomic E-state index is 0.139. The molecule has 84 valence electrons. The molecule has 0 unspecified atom stereocenters. The van der Waals surface area contributed by atoms with Crippen molar-refractivity contribution in [1.82, 2.24) is 5.32 Å². The van der Waals surface area contributed by atoms with Crippen molar-refractivity contribution < 1.29 is 9.84 Å². The molecule has 2 atom stereocenters. The molecule has 1 saturated carbocycles. The minimum atomic E-state index is -0.139. The fourth-order valence-corrected chi connectivity index (χ4v) is 1.81. The van der Waals surface area contributed by atoms with Gasteiger partial charge in [-0.05, 0) is 25.2 Å². The lowest BCUT2D eigenvalue weighted by atomic mass is 10.2. The molecule has 0 bridgehead atoms. The summed E-state index contributed by atoms with van der Waals surface area (Å²) in [5, 5.41) is 12.9. The topological polar surface area (TPSA) is 41.5 Å². The fraction of sp³-hybridized carbons (Fsp3) is 1.00. The molecule has 1 aliphatic carbocycles. The van der Waals surface area contributed by atoms with Gasteiger partial charge >= 0.3 is 0 Å². The van der Waals surface area contributed by atoms with Crippen molar-refractivity contribution in [3.63, 3.8) is 0 Å². The quantitative estimate of drug-likeness (QED) is 0.634. The first-order valence-electron chi connectivity index (χ1n) is 5.69. The van der Waals surface area contributed by atoms with Crippen LogP contribution in [-0.2, 0) is 4.74 Å². The van der Waals surface area contributed by atoms with E-state index < -0.39 is 0 Å². The van der Waals surface area contributed by atoms with E-state index in [2.05, 4.69) is 19.2 Å². The minimum Gasteiger partial charge on any atom is -0.392 e. The summed E-state index contributed by atoms with van der Waals surface area (Å²) in [5.41, 5.74) is 0. The number of hydrogen-bond acceptors (Lipinski definition) is 3. The van der Waals surface area contributed by atoms with Gasteiger partial charge in [0.2, 0.25) is 0 Å². The Morgan fingerprint density at radius 3 is 2.79 bits per heavy atom. The van der Waals surface area contributed by atoms with E-state index in [9.17, 15) is 5.11 Å². The summed E-state index contributed by atoms with van der Waals surface area (Å²) < 4.78 is 5.45. The van der Waals surface area contributed by atoms with Crippen LogP contribution in [0.1, 0.15) is 33.1 Å². The van der Waals surface area contributed by atoms with Crippen LogP contribution in [0.25, 0.3) is 0 Å². The Balaban J connectivity index is 1.93. The van der Waals surface area contributed by atoms with Gasteiger partial charge in [0.25, 0.3) is 0 Å². The van der Waals surface area contributed by atoms with Crippen LogP contribution in [0, 0.1) is 5.92 Å². The highest BCUT2D eigenvalue weighted by Crippen LogP contribution is 2.18. The first-order valence-corrected chi connectivity index (χ1v) is 5.69. The molecule has 0 aromatic carbocycles. The highest BCUT2D eigenvalue weighted by atomic mass is 16.5. The van der Waals surface area contributed by atoms with Crippen LogP contribution in [0.4, 0.5) is 0 Å². The van der Waals surface area contributed by atoms with Gasteiger partial charge in [-0.15, -0.1) is 0 Å². The first kappa shape index (κ1) is 12.0. The lowest BCUT2D eigenvalue weighted by Gasteiger charge is -2.16. The third kappa shape index (κ3) is 4.40. The highest BCUT2D eigenvalue weighted by molar-refractivity contribution is 4.82. The zero-order valence-corrected chi connectivity index (χ0v) is 9.33. The van der Waals surface area contributed by atoms with Gasteiger partial charge < -0.3 is 15.2 Å². The van der Waals surface area contributed by atoms with Crippen molar-refractivity contribution in [2.24, 2.45) is 5.92 Å². The van der Waals surface area contributed by atoms with E-state index in [4.69, 9.17) is 4.74 Å². The normalized spacial score (nSPS) is 27.4. The summed E-state index contributed by atoms with van der Waals surface area (Å²) in [6, 6.07) is 0.303. The molecule has 1 rings (SSSR count). The molecule has 3 heteroatoms. The van der Waals surface area contributed by atoms with Gasteiger partial charge in [-0.25, -0.2) is 0 Å². The summed E-state index contributed by atoms with van der Waals surface area (Å²) >= 11 is 0. The largest absolute Gasteiger partial charge is 0.392 e. The van der Waals surface area contributed by atoms with E-state index in [-0.39, 0.29) is 6.10 Å². The van der Waals surface area contributed by atoms with Crippen LogP contribution in [-0.4, -0.2) is 37.0 Å². The van der Waals surface area contributed by atoms with Gasteiger partial charge in [-0.1, -0.05) is 13.8 Å². The fourth-order valence-electron chi connectivity index (χ4n) is 1.81. The van der Waals surface area contributed by atoms with Crippen molar-refractivity contribution >= 4 is 0 Å². The van der Waals surface area contributed by atoms with Crippen LogP contribution < -0.4 is 5.32 Å². The van der Waals surface area contributed by atoms with Crippen LogP contribution in [0.15, 0.2) is 0 Å². The van der Waals surface area contributed by atoms with Crippen molar-refractivity contribution in [2.75, 3.05) is 19.8 Å². The van der Waals surface area contributed by atoms with Crippen LogP contribution >= 0.6 is 0 Å². The molecule has 0 aromatic heterocycles. The number of ether oxygens (including phenoxy) is 1. The number of hydrogen-bond donors (Lipinski definition) is 2. The molecular weight excluding hydrogens is 178 g/mol. The SMILES string of the molecule is CC(C)COCCN[C@H]1CCC[C@@H]1O. The van der Waals surface area contributed by atoms with Crippen molar-refractivity contribution in [2.45, 2.75) is 45.3 Å². The van der Waals surface area contributed by atoms with Crippen molar-refractivity contribution in [1.29, 1.82) is 0 Å². The molecule has 2 N–H and O–H groups in total. The summed E-state index contributed by atoms with van der Waals surface area (Å²) in [6.45, 7) is 6.73. The van der Waals surface area contributed by atoms with Crippen LogP contribution in [0.3, 0.4) is 0 Å². The molecule has 0 heterocycles. The lowest BCUT2D eigenvalue weighted by molar-refractivity contribution is 0.101. The van der Waals surface area contributed by atoms with Crippen LogP contribution in [0.2, 0.25) is 0 Å². The second-order valence-electron chi connectivity index (χ2n) is 4.53. The summed E-state index contributed by atoms with van der Waals surface area (Å²) in [4.78, 5) is 0. The van der Waals surface area contributed by atoms with Gasteiger partial charge in [0, 0.05) is 19.2 Å². The Morgan fingerprint density at radius 1 is 1.43 bits per heavy atom. The molecule has 0 aliphatic heterocycles.